The number of hydrogen-bond donors (Lipinski definition) is 0. The highest BCUT2D eigenvalue weighted by atomic mass is 16.5. The van der Waals surface area contributed by atoms with Gasteiger partial charge < -0.3 is 9.47 Å². The molecule has 0 fully saturated rings. The second-order valence-electron chi connectivity index (χ2n) is 3.27. The van der Waals surface area contributed by atoms with Crippen molar-refractivity contribution in [3.05, 3.63) is 23.5 Å². The van der Waals surface area contributed by atoms with Crippen molar-refractivity contribution in [3.63, 3.8) is 0 Å². The van der Waals surface area contributed by atoms with Gasteiger partial charge in [0.05, 0.1) is 13.7 Å². The third-order valence-corrected chi connectivity index (χ3v) is 2.30. The van der Waals surface area contributed by atoms with Gasteiger partial charge in [-0.15, -0.1) is 0 Å². The number of rotatable bonds is 3. The average molecular weight is 206 g/mol. The monoisotopic (exact) mass is 206 g/mol. The first-order valence-corrected chi connectivity index (χ1v) is 5.08. The first-order chi connectivity index (χ1) is 7.35. The van der Waals surface area contributed by atoms with Gasteiger partial charge in [0.1, 0.15) is 11.5 Å². The molecule has 1 heterocycles. The Morgan fingerprint density at radius 1 is 1.47 bits per heavy atom. The van der Waals surface area contributed by atoms with Crippen molar-refractivity contribution in [1.82, 2.24) is 9.97 Å². The molecular formula is C11H14N2O2. The van der Waals surface area contributed by atoms with Gasteiger partial charge in [-0.25, -0.2) is 4.98 Å². The summed E-state index contributed by atoms with van der Waals surface area (Å²) in [6, 6.07) is 0.390. The number of aromatic nitrogens is 2. The van der Waals surface area contributed by atoms with Crippen LogP contribution in [0.1, 0.15) is 24.6 Å². The lowest BCUT2D eigenvalue weighted by Gasteiger charge is -2.16. The fourth-order valence-corrected chi connectivity index (χ4v) is 1.62. The van der Waals surface area contributed by atoms with Crippen LogP contribution >= 0.6 is 0 Å². The molecule has 1 aliphatic rings. The van der Waals surface area contributed by atoms with E-state index in [4.69, 9.17) is 9.47 Å². The molecule has 4 nitrogen and oxygen atoms in total. The zero-order chi connectivity index (χ0) is 10.7. The summed E-state index contributed by atoms with van der Waals surface area (Å²) in [6.45, 7) is 2.62. The van der Waals surface area contributed by atoms with Gasteiger partial charge in [-0.2, -0.15) is 4.98 Å². The second-order valence-corrected chi connectivity index (χ2v) is 3.27. The molecule has 0 spiro atoms. The number of hydrogen-bond acceptors (Lipinski definition) is 4. The van der Waals surface area contributed by atoms with Gasteiger partial charge >= 0.3 is 6.01 Å². The minimum atomic E-state index is 0.390. The summed E-state index contributed by atoms with van der Waals surface area (Å²) in [5, 5.41) is 0. The maximum absolute atomic E-state index is 5.52. The van der Waals surface area contributed by atoms with Crippen LogP contribution in [0.5, 0.6) is 6.01 Å². The molecule has 0 aromatic carbocycles. The van der Waals surface area contributed by atoms with Crippen LogP contribution in [0.4, 0.5) is 0 Å². The van der Waals surface area contributed by atoms with Crippen LogP contribution in [0.15, 0.2) is 12.3 Å². The van der Waals surface area contributed by atoms with E-state index in [1.807, 2.05) is 13.1 Å². The predicted molar refractivity (Wildman–Crippen MR) is 56.5 cm³/mol. The van der Waals surface area contributed by atoms with Crippen molar-refractivity contribution in [1.29, 1.82) is 0 Å². The zero-order valence-electron chi connectivity index (χ0n) is 8.99. The van der Waals surface area contributed by atoms with Crippen LogP contribution in [-0.4, -0.2) is 23.7 Å². The van der Waals surface area contributed by atoms with Gasteiger partial charge in [-0.05, 0) is 25.8 Å². The summed E-state index contributed by atoms with van der Waals surface area (Å²) in [4.78, 5) is 8.39. The van der Waals surface area contributed by atoms with Crippen LogP contribution in [0.25, 0.3) is 5.76 Å². The van der Waals surface area contributed by atoms with Gasteiger partial charge in [0.2, 0.25) is 0 Å². The molecule has 2 rings (SSSR count). The highest BCUT2D eigenvalue weighted by molar-refractivity contribution is 5.61. The Morgan fingerprint density at radius 2 is 2.33 bits per heavy atom. The number of aryl methyl sites for hydroxylation is 1. The summed E-state index contributed by atoms with van der Waals surface area (Å²) < 4.78 is 10.5. The van der Waals surface area contributed by atoms with Crippen molar-refractivity contribution >= 4 is 5.76 Å². The Bertz CT molecular complexity index is 388. The average Bonchev–Trinajstić information content (AvgIpc) is 2.29. The molecule has 0 radical (unpaired) electrons. The predicted octanol–water partition coefficient (Wildman–Crippen LogP) is 1.81. The van der Waals surface area contributed by atoms with Crippen molar-refractivity contribution in [3.8, 4) is 6.01 Å². The third-order valence-electron chi connectivity index (χ3n) is 2.30. The molecule has 0 aliphatic heterocycles. The molecule has 0 bridgehead atoms. The van der Waals surface area contributed by atoms with E-state index in [-0.39, 0.29) is 0 Å². The van der Waals surface area contributed by atoms with Gasteiger partial charge in [-0.1, -0.05) is 0 Å². The Balaban J connectivity index is 2.38. The summed E-state index contributed by atoms with van der Waals surface area (Å²) in [7, 11) is 1.56. The van der Waals surface area contributed by atoms with Gasteiger partial charge in [-0.3, -0.25) is 0 Å². The number of methoxy groups -OCH3 is 1. The van der Waals surface area contributed by atoms with E-state index in [2.05, 4.69) is 16.0 Å². The topological polar surface area (TPSA) is 44.2 Å². The Hall–Kier alpha value is -1.58. The van der Waals surface area contributed by atoms with E-state index in [1.54, 1.807) is 7.11 Å². The molecule has 0 unspecified atom stereocenters. The van der Waals surface area contributed by atoms with E-state index in [0.717, 1.165) is 29.9 Å². The number of fused-ring (bicyclic) bond motifs is 1. The molecular weight excluding hydrogens is 192 g/mol. The quantitative estimate of drug-likeness (QED) is 0.756. The van der Waals surface area contributed by atoms with Crippen LogP contribution in [0.3, 0.4) is 0 Å². The smallest absolute Gasteiger partial charge is 0.316 e. The largest absolute Gasteiger partial charge is 0.492 e. The maximum Gasteiger partial charge on any atom is 0.316 e. The van der Waals surface area contributed by atoms with Crippen molar-refractivity contribution in [2.75, 3.05) is 13.7 Å². The molecule has 1 aromatic heterocycles. The normalized spacial score (nSPS) is 14.1. The summed E-state index contributed by atoms with van der Waals surface area (Å²) >= 11 is 0. The zero-order valence-corrected chi connectivity index (χ0v) is 8.99. The lowest BCUT2D eigenvalue weighted by molar-refractivity contribution is 0.292. The summed E-state index contributed by atoms with van der Waals surface area (Å²) in [6.07, 6.45) is 5.83. The third kappa shape index (κ3) is 1.93. The lowest BCUT2D eigenvalue weighted by Crippen LogP contribution is -2.07. The minimum Gasteiger partial charge on any atom is -0.492 e. The molecule has 0 atom stereocenters. The molecule has 1 aromatic rings. The fraction of sp³-hybridized carbons (Fsp3) is 0.455. The van der Waals surface area contributed by atoms with E-state index in [9.17, 15) is 0 Å². The van der Waals surface area contributed by atoms with Crippen LogP contribution in [0, 0.1) is 0 Å². The highest BCUT2D eigenvalue weighted by Gasteiger charge is 2.16. The Morgan fingerprint density at radius 3 is 3.07 bits per heavy atom. The minimum absolute atomic E-state index is 0.390. The van der Waals surface area contributed by atoms with E-state index in [0.29, 0.717) is 12.6 Å². The standard InChI is InChI=1S/C11H14N2O2/c1-3-15-9-6-4-5-8-7-12-11(14-2)13-10(8)9/h6-7H,3-5H2,1-2H3. The number of ether oxygens (including phenoxy) is 2. The SMILES string of the molecule is CCOC1=CCCc2cnc(OC)nc21. The van der Waals surface area contributed by atoms with Crippen molar-refractivity contribution in [2.24, 2.45) is 0 Å². The molecule has 0 amide bonds. The summed E-state index contributed by atoms with van der Waals surface area (Å²) in [5.41, 5.74) is 2.00. The molecule has 1 aliphatic carbocycles. The van der Waals surface area contributed by atoms with Gasteiger partial charge in [0.15, 0.2) is 0 Å². The fourth-order valence-electron chi connectivity index (χ4n) is 1.62. The number of nitrogens with zero attached hydrogens (tertiary/aromatic N) is 2. The molecule has 0 saturated heterocycles. The van der Waals surface area contributed by atoms with Gasteiger partial charge in [0.25, 0.3) is 0 Å². The Kier molecular flexibility index (Phi) is 2.85. The molecule has 0 saturated carbocycles. The molecule has 80 valence electrons. The number of allylic oxidation sites excluding steroid dienone is 1. The highest BCUT2D eigenvalue weighted by Crippen LogP contribution is 2.26. The summed E-state index contributed by atoms with van der Waals surface area (Å²) in [5.74, 6) is 0.847. The van der Waals surface area contributed by atoms with Crippen LogP contribution < -0.4 is 4.74 Å². The maximum atomic E-state index is 5.52. The van der Waals surface area contributed by atoms with E-state index < -0.39 is 0 Å². The van der Waals surface area contributed by atoms with E-state index in [1.165, 1.54) is 0 Å². The van der Waals surface area contributed by atoms with E-state index >= 15 is 0 Å². The van der Waals surface area contributed by atoms with Crippen molar-refractivity contribution < 1.29 is 9.47 Å². The Labute approximate surface area is 89.0 Å². The second kappa shape index (κ2) is 4.29. The first-order valence-electron chi connectivity index (χ1n) is 5.08. The van der Waals surface area contributed by atoms with Crippen LogP contribution in [-0.2, 0) is 11.2 Å². The van der Waals surface area contributed by atoms with Gasteiger partial charge in [0, 0.05) is 11.8 Å². The molecule has 15 heavy (non-hydrogen) atoms. The molecule has 0 N–H and O–H groups in total. The lowest BCUT2D eigenvalue weighted by atomic mass is 10.0. The van der Waals surface area contributed by atoms with Crippen molar-refractivity contribution in [2.45, 2.75) is 19.8 Å². The van der Waals surface area contributed by atoms with Crippen LogP contribution in [0.2, 0.25) is 0 Å². The molecule has 4 heteroatoms. The first kappa shape index (κ1) is 9.96.